The number of carbonyl (C=O) groups excluding carboxylic acids is 1. The molecule has 0 heterocycles. The van der Waals surface area contributed by atoms with Crippen LogP contribution in [0.5, 0.6) is 0 Å². The fraction of sp³-hybridized carbons (Fsp3) is 0.136. The molecule has 0 aliphatic rings. The molecule has 0 aliphatic heterocycles. The van der Waals surface area contributed by atoms with Crippen LogP contribution in [0.2, 0.25) is 5.02 Å². The Morgan fingerprint density at radius 1 is 0.967 bits per heavy atom. The standard InChI is InChI=1S/C22H21ClN2O3S2/c1-16-5-9-20(10-6-16)29-14-13-22(26)24-18-7-11-21(12-8-18)30(27,28)25-19-4-2-3-17(23)15-19/h2-12,15,25H,13-14H2,1H3,(H,24,26). The van der Waals surface area contributed by atoms with Crippen LogP contribution in [-0.2, 0) is 14.8 Å². The summed E-state index contributed by atoms with van der Waals surface area (Å²) in [6.45, 7) is 2.03. The van der Waals surface area contributed by atoms with E-state index in [-0.39, 0.29) is 10.8 Å². The molecule has 0 bridgehead atoms. The number of anilines is 2. The van der Waals surface area contributed by atoms with Crippen LogP contribution >= 0.6 is 23.4 Å². The lowest BCUT2D eigenvalue weighted by Crippen LogP contribution is -2.14. The van der Waals surface area contributed by atoms with Crippen molar-refractivity contribution in [1.82, 2.24) is 0 Å². The number of carbonyl (C=O) groups is 1. The molecule has 8 heteroatoms. The largest absolute Gasteiger partial charge is 0.326 e. The summed E-state index contributed by atoms with van der Waals surface area (Å²) in [5, 5.41) is 3.23. The van der Waals surface area contributed by atoms with Crippen molar-refractivity contribution >= 4 is 50.7 Å². The lowest BCUT2D eigenvalue weighted by Gasteiger charge is -2.10. The first-order chi connectivity index (χ1) is 14.3. The Bertz CT molecular complexity index is 1120. The van der Waals surface area contributed by atoms with Crippen molar-refractivity contribution in [2.75, 3.05) is 15.8 Å². The number of sulfonamides is 1. The van der Waals surface area contributed by atoms with Crippen molar-refractivity contribution in [3.63, 3.8) is 0 Å². The first-order valence-corrected chi connectivity index (χ1v) is 12.0. The third-order valence-corrected chi connectivity index (χ3v) is 6.79. The Morgan fingerprint density at radius 2 is 1.67 bits per heavy atom. The van der Waals surface area contributed by atoms with Gasteiger partial charge in [-0.15, -0.1) is 11.8 Å². The molecule has 2 N–H and O–H groups in total. The highest BCUT2D eigenvalue weighted by Crippen LogP contribution is 2.22. The fourth-order valence-corrected chi connectivity index (χ4v) is 4.69. The minimum Gasteiger partial charge on any atom is -0.326 e. The van der Waals surface area contributed by atoms with Gasteiger partial charge in [-0.2, -0.15) is 0 Å². The van der Waals surface area contributed by atoms with Gasteiger partial charge in [0.15, 0.2) is 0 Å². The number of halogens is 1. The molecule has 5 nitrogen and oxygen atoms in total. The van der Waals surface area contributed by atoms with Gasteiger partial charge < -0.3 is 5.32 Å². The fourth-order valence-electron chi connectivity index (χ4n) is 2.60. The third kappa shape index (κ3) is 6.52. The van der Waals surface area contributed by atoms with Crippen molar-refractivity contribution in [3.05, 3.63) is 83.4 Å². The number of aryl methyl sites for hydroxylation is 1. The molecule has 0 aliphatic carbocycles. The van der Waals surface area contributed by atoms with Gasteiger partial charge in [-0.25, -0.2) is 8.42 Å². The Hall–Kier alpha value is -2.48. The van der Waals surface area contributed by atoms with Crippen molar-refractivity contribution in [2.45, 2.75) is 23.1 Å². The molecule has 0 fully saturated rings. The second-order valence-corrected chi connectivity index (χ2v) is 9.89. The van der Waals surface area contributed by atoms with Gasteiger partial charge in [-0.3, -0.25) is 9.52 Å². The molecule has 3 aromatic rings. The van der Waals surface area contributed by atoms with Crippen LogP contribution in [0.4, 0.5) is 11.4 Å². The van der Waals surface area contributed by atoms with Crippen LogP contribution < -0.4 is 10.0 Å². The van der Waals surface area contributed by atoms with E-state index >= 15 is 0 Å². The highest BCUT2D eigenvalue weighted by molar-refractivity contribution is 7.99. The molecule has 0 radical (unpaired) electrons. The number of hydrogen-bond donors (Lipinski definition) is 2. The van der Waals surface area contributed by atoms with Gasteiger partial charge >= 0.3 is 0 Å². The van der Waals surface area contributed by atoms with E-state index in [1.165, 1.54) is 23.8 Å². The maximum Gasteiger partial charge on any atom is 0.261 e. The Balaban J connectivity index is 1.53. The van der Waals surface area contributed by atoms with Gasteiger partial charge in [0.1, 0.15) is 0 Å². The number of thioether (sulfide) groups is 1. The molecular weight excluding hydrogens is 440 g/mol. The predicted molar refractivity (Wildman–Crippen MR) is 124 cm³/mol. The van der Waals surface area contributed by atoms with Crippen molar-refractivity contribution in [3.8, 4) is 0 Å². The van der Waals surface area contributed by atoms with Gasteiger partial charge in [0.25, 0.3) is 10.0 Å². The van der Waals surface area contributed by atoms with Crippen molar-refractivity contribution in [1.29, 1.82) is 0 Å². The summed E-state index contributed by atoms with van der Waals surface area (Å²) in [7, 11) is -3.75. The van der Waals surface area contributed by atoms with E-state index in [9.17, 15) is 13.2 Å². The van der Waals surface area contributed by atoms with E-state index in [2.05, 4.69) is 10.0 Å². The minimum atomic E-state index is -3.75. The highest BCUT2D eigenvalue weighted by atomic mass is 35.5. The van der Waals surface area contributed by atoms with E-state index in [1.807, 2.05) is 31.2 Å². The maximum absolute atomic E-state index is 12.5. The maximum atomic E-state index is 12.5. The van der Waals surface area contributed by atoms with Crippen LogP contribution in [0.1, 0.15) is 12.0 Å². The minimum absolute atomic E-state index is 0.0930. The van der Waals surface area contributed by atoms with Gasteiger partial charge in [0.2, 0.25) is 5.91 Å². The van der Waals surface area contributed by atoms with Crippen LogP contribution in [0.25, 0.3) is 0 Å². The summed E-state index contributed by atoms with van der Waals surface area (Å²) in [6.07, 6.45) is 0.356. The number of rotatable bonds is 8. The van der Waals surface area contributed by atoms with E-state index in [0.717, 1.165) is 4.90 Å². The monoisotopic (exact) mass is 460 g/mol. The lowest BCUT2D eigenvalue weighted by molar-refractivity contribution is -0.115. The van der Waals surface area contributed by atoms with Gasteiger partial charge in [0.05, 0.1) is 10.6 Å². The quantitative estimate of drug-likeness (QED) is 0.431. The summed E-state index contributed by atoms with van der Waals surface area (Å²) >= 11 is 7.51. The van der Waals surface area contributed by atoms with Crippen LogP contribution in [0, 0.1) is 6.92 Å². The third-order valence-electron chi connectivity index (χ3n) is 4.14. The molecule has 1 amide bonds. The molecule has 0 saturated heterocycles. The number of nitrogens with one attached hydrogen (secondary N) is 2. The zero-order chi connectivity index (χ0) is 21.6. The summed E-state index contributed by atoms with van der Waals surface area (Å²) in [4.78, 5) is 13.4. The second kappa shape index (κ2) is 10.0. The summed E-state index contributed by atoms with van der Waals surface area (Å²) < 4.78 is 27.5. The average molecular weight is 461 g/mol. The molecule has 3 rings (SSSR count). The number of benzene rings is 3. The van der Waals surface area contributed by atoms with E-state index in [4.69, 9.17) is 11.6 Å². The molecule has 3 aromatic carbocycles. The van der Waals surface area contributed by atoms with Crippen molar-refractivity contribution in [2.24, 2.45) is 0 Å². The van der Waals surface area contributed by atoms with E-state index in [1.54, 1.807) is 42.1 Å². The van der Waals surface area contributed by atoms with Crippen LogP contribution in [-0.4, -0.2) is 20.1 Å². The Labute approximate surface area is 185 Å². The Kier molecular flexibility index (Phi) is 7.42. The highest BCUT2D eigenvalue weighted by Gasteiger charge is 2.14. The summed E-state index contributed by atoms with van der Waals surface area (Å²) in [5.74, 6) is 0.535. The molecule has 0 saturated carbocycles. The molecular formula is C22H21ClN2O3S2. The van der Waals surface area contributed by atoms with Crippen molar-refractivity contribution < 1.29 is 13.2 Å². The summed E-state index contributed by atoms with van der Waals surface area (Å²) in [6, 6.07) is 20.7. The molecule has 0 atom stereocenters. The van der Waals surface area contributed by atoms with Gasteiger partial charge in [-0.1, -0.05) is 35.4 Å². The molecule has 30 heavy (non-hydrogen) atoms. The van der Waals surface area contributed by atoms with Gasteiger partial charge in [0, 0.05) is 27.8 Å². The zero-order valence-corrected chi connectivity index (χ0v) is 18.7. The lowest BCUT2D eigenvalue weighted by atomic mass is 10.2. The van der Waals surface area contributed by atoms with Crippen LogP contribution in [0.15, 0.2) is 82.6 Å². The zero-order valence-electron chi connectivity index (χ0n) is 16.3. The molecule has 156 valence electrons. The van der Waals surface area contributed by atoms with E-state index in [0.29, 0.717) is 28.6 Å². The first kappa shape index (κ1) is 22.2. The SMILES string of the molecule is Cc1ccc(SCCC(=O)Nc2ccc(S(=O)(=O)Nc3cccc(Cl)c3)cc2)cc1. The second-order valence-electron chi connectivity index (χ2n) is 6.60. The average Bonchev–Trinajstić information content (AvgIpc) is 2.69. The smallest absolute Gasteiger partial charge is 0.261 e. The van der Waals surface area contributed by atoms with Crippen LogP contribution in [0.3, 0.4) is 0 Å². The summed E-state index contributed by atoms with van der Waals surface area (Å²) in [5.41, 5.74) is 2.12. The topological polar surface area (TPSA) is 75.3 Å². The molecule has 0 spiro atoms. The normalized spacial score (nSPS) is 11.1. The molecule has 0 unspecified atom stereocenters. The first-order valence-electron chi connectivity index (χ1n) is 9.20. The predicted octanol–water partition coefficient (Wildman–Crippen LogP) is 5.57. The van der Waals surface area contributed by atoms with E-state index < -0.39 is 10.0 Å². The number of hydrogen-bond acceptors (Lipinski definition) is 4. The Morgan fingerprint density at radius 3 is 2.33 bits per heavy atom. The molecule has 0 aromatic heterocycles. The number of amides is 1. The van der Waals surface area contributed by atoms with Gasteiger partial charge in [-0.05, 0) is 61.5 Å².